The molecule has 210 valence electrons. The number of hydrogen-bond acceptors (Lipinski definition) is 8. The summed E-state index contributed by atoms with van der Waals surface area (Å²) in [6.45, 7) is 3.50. The zero-order valence-corrected chi connectivity index (χ0v) is 23.6. The summed E-state index contributed by atoms with van der Waals surface area (Å²) in [6.07, 6.45) is 6.02. The van der Waals surface area contributed by atoms with Crippen LogP contribution in [-0.4, -0.2) is 67.3 Å². The van der Waals surface area contributed by atoms with Crippen LogP contribution in [0.4, 0.5) is 11.5 Å². The summed E-state index contributed by atoms with van der Waals surface area (Å²) in [5.41, 5.74) is 5.22. The normalized spacial score (nSPS) is 17.6. The van der Waals surface area contributed by atoms with Crippen LogP contribution in [0.5, 0.6) is 0 Å². The van der Waals surface area contributed by atoms with Gasteiger partial charge in [0, 0.05) is 48.9 Å². The van der Waals surface area contributed by atoms with Gasteiger partial charge in [0.15, 0.2) is 0 Å². The first kappa shape index (κ1) is 25.8. The molecule has 1 saturated carbocycles. The fraction of sp³-hybridized carbons (Fsp3) is 0.333. The monoisotopic (exact) mass is 569 g/mol. The van der Waals surface area contributed by atoms with Crippen LogP contribution in [0.25, 0.3) is 22.3 Å². The molecule has 5 heterocycles. The fourth-order valence-electron chi connectivity index (χ4n) is 5.79. The molecule has 2 N–H and O–H groups in total. The molecule has 0 radical (unpaired) electrons. The van der Waals surface area contributed by atoms with Gasteiger partial charge in [-0.2, -0.15) is 0 Å². The molecule has 2 fully saturated rings. The third kappa shape index (κ3) is 5.11. The topological polar surface area (TPSA) is 120 Å². The van der Waals surface area contributed by atoms with Gasteiger partial charge in [-0.05, 0) is 67.3 Å². The molecular weight excluding hydrogens is 538 g/mol. The minimum atomic E-state index is -3.39. The maximum atomic E-state index is 12.9. The minimum Gasteiger partial charge on any atom is -0.353 e. The number of nitrogens with zero attached hydrogens (tertiary/aromatic N) is 5. The lowest BCUT2D eigenvalue weighted by molar-refractivity contribution is 0.0950. The number of pyridine rings is 3. The average molecular weight is 570 g/mol. The van der Waals surface area contributed by atoms with Gasteiger partial charge in [0.1, 0.15) is 5.82 Å². The van der Waals surface area contributed by atoms with E-state index in [1.807, 2.05) is 36.4 Å². The summed E-state index contributed by atoms with van der Waals surface area (Å²) in [7, 11) is -3.39. The Morgan fingerprint density at radius 3 is 2.73 bits per heavy atom. The van der Waals surface area contributed by atoms with Crippen LogP contribution in [0.1, 0.15) is 34.5 Å². The summed E-state index contributed by atoms with van der Waals surface area (Å²) in [5.74, 6) is 0.681. The molecule has 1 amide bonds. The molecule has 10 nitrogen and oxygen atoms in total. The molecule has 0 atom stereocenters. The van der Waals surface area contributed by atoms with Gasteiger partial charge in [-0.1, -0.05) is 12.1 Å². The van der Waals surface area contributed by atoms with E-state index < -0.39 is 10.0 Å². The summed E-state index contributed by atoms with van der Waals surface area (Å²) >= 11 is 0. The average Bonchev–Trinajstić information content (AvgIpc) is 3.56. The molecule has 7 rings (SSSR count). The molecule has 1 spiro atoms. The van der Waals surface area contributed by atoms with Crippen LogP contribution in [0.3, 0.4) is 0 Å². The first-order valence-electron chi connectivity index (χ1n) is 13.9. The summed E-state index contributed by atoms with van der Waals surface area (Å²) in [5, 5.41) is 7.45. The predicted molar refractivity (Wildman–Crippen MR) is 158 cm³/mol. The number of aromatic nitrogens is 3. The Balaban J connectivity index is 1.08. The lowest BCUT2D eigenvalue weighted by Crippen LogP contribution is -2.52. The van der Waals surface area contributed by atoms with Gasteiger partial charge in [0.25, 0.3) is 5.91 Å². The van der Waals surface area contributed by atoms with Gasteiger partial charge in [-0.25, -0.2) is 18.4 Å². The zero-order valence-electron chi connectivity index (χ0n) is 22.8. The van der Waals surface area contributed by atoms with Crippen LogP contribution >= 0.6 is 0 Å². The number of carbonyl (C=O) groups is 1. The fourth-order valence-corrected chi connectivity index (χ4v) is 6.74. The maximum absolute atomic E-state index is 12.9. The first-order valence-corrected chi connectivity index (χ1v) is 15.7. The third-order valence-electron chi connectivity index (χ3n) is 8.21. The van der Waals surface area contributed by atoms with E-state index in [1.54, 1.807) is 18.3 Å². The van der Waals surface area contributed by atoms with E-state index in [1.165, 1.54) is 23.4 Å². The Kier molecular flexibility index (Phi) is 6.16. The van der Waals surface area contributed by atoms with Crippen molar-refractivity contribution in [2.75, 3.05) is 41.6 Å². The maximum Gasteiger partial charge on any atom is 0.251 e. The number of carbonyl (C=O) groups excluding carboxylic acids is 1. The Bertz CT molecular complexity index is 1790. The molecule has 0 bridgehead atoms. The van der Waals surface area contributed by atoms with Crippen LogP contribution in [0, 0.1) is 0 Å². The first-order chi connectivity index (χ1) is 19.8. The largest absolute Gasteiger partial charge is 0.353 e. The Hall–Kier alpha value is -4.09. The van der Waals surface area contributed by atoms with Crippen molar-refractivity contribution >= 4 is 38.3 Å². The molecule has 3 aromatic heterocycles. The number of rotatable bonds is 6. The highest BCUT2D eigenvalue weighted by atomic mass is 32.2. The second-order valence-corrected chi connectivity index (χ2v) is 13.1. The molecule has 1 aliphatic carbocycles. The number of hydrogen-bond donors (Lipinski definition) is 2. The van der Waals surface area contributed by atoms with E-state index in [-0.39, 0.29) is 18.0 Å². The third-order valence-corrected chi connectivity index (χ3v) is 9.39. The SMILES string of the molecule is CS(=O)(=O)N1CCc2ccc(C(=O)NCc3cc4nc(-c5cccc(N6CCNC7(CC7)C6)n5)ccc4cn3)cc21. The van der Waals surface area contributed by atoms with E-state index in [0.717, 1.165) is 53.3 Å². The Morgan fingerprint density at radius 2 is 1.90 bits per heavy atom. The number of anilines is 2. The Labute approximate surface area is 238 Å². The lowest BCUT2D eigenvalue weighted by Gasteiger charge is -2.35. The molecule has 0 unspecified atom stereocenters. The molecule has 1 aromatic carbocycles. The minimum absolute atomic E-state index is 0.214. The van der Waals surface area contributed by atoms with E-state index >= 15 is 0 Å². The lowest BCUT2D eigenvalue weighted by atomic mass is 10.1. The molecule has 2 aliphatic heterocycles. The van der Waals surface area contributed by atoms with Gasteiger partial charge in [0.2, 0.25) is 10.0 Å². The summed E-state index contributed by atoms with van der Waals surface area (Å²) in [4.78, 5) is 29.6. The highest BCUT2D eigenvalue weighted by Gasteiger charge is 2.45. The van der Waals surface area contributed by atoms with Crippen molar-refractivity contribution in [2.24, 2.45) is 0 Å². The van der Waals surface area contributed by atoms with E-state index in [2.05, 4.69) is 26.6 Å². The van der Waals surface area contributed by atoms with Crippen molar-refractivity contribution in [1.29, 1.82) is 0 Å². The van der Waals surface area contributed by atoms with Crippen molar-refractivity contribution in [1.82, 2.24) is 25.6 Å². The number of sulfonamides is 1. The molecule has 11 heteroatoms. The van der Waals surface area contributed by atoms with Gasteiger partial charge >= 0.3 is 0 Å². The van der Waals surface area contributed by atoms with Gasteiger partial charge in [0.05, 0.1) is 41.1 Å². The van der Waals surface area contributed by atoms with Gasteiger partial charge < -0.3 is 15.5 Å². The zero-order chi connectivity index (χ0) is 28.2. The van der Waals surface area contributed by atoms with Crippen molar-refractivity contribution < 1.29 is 13.2 Å². The number of piperazine rings is 1. The van der Waals surface area contributed by atoms with E-state index in [9.17, 15) is 13.2 Å². The summed E-state index contributed by atoms with van der Waals surface area (Å²) in [6, 6.07) is 17.1. The Morgan fingerprint density at radius 1 is 1.05 bits per heavy atom. The number of nitrogens with one attached hydrogen (secondary N) is 2. The second-order valence-electron chi connectivity index (χ2n) is 11.2. The number of fused-ring (bicyclic) bond motifs is 2. The van der Waals surface area contributed by atoms with Crippen molar-refractivity contribution in [3.63, 3.8) is 0 Å². The van der Waals surface area contributed by atoms with Crippen molar-refractivity contribution in [2.45, 2.75) is 31.3 Å². The quantitative estimate of drug-likeness (QED) is 0.364. The molecule has 1 saturated heterocycles. The smallest absolute Gasteiger partial charge is 0.251 e. The highest BCUT2D eigenvalue weighted by molar-refractivity contribution is 7.92. The molecule has 41 heavy (non-hydrogen) atoms. The summed E-state index contributed by atoms with van der Waals surface area (Å²) < 4.78 is 25.6. The number of amides is 1. The van der Waals surface area contributed by atoms with Crippen LogP contribution < -0.4 is 19.8 Å². The molecule has 4 aromatic rings. The van der Waals surface area contributed by atoms with Gasteiger partial charge in [-0.3, -0.25) is 14.1 Å². The van der Waals surface area contributed by atoms with Crippen LogP contribution in [0.2, 0.25) is 0 Å². The van der Waals surface area contributed by atoms with Crippen LogP contribution in [-0.2, 0) is 23.0 Å². The number of benzene rings is 1. The van der Waals surface area contributed by atoms with Crippen LogP contribution in [0.15, 0.2) is 60.8 Å². The van der Waals surface area contributed by atoms with Crippen molar-refractivity contribution in [3.8, 4) is 11.4 Å². The van der Waals surface area contributed by atoms with Gasteiger partial charge in [-0.15, -0.1) is 0 Å². The van der Waals surface area contributed by atoms with E-state index in [4.69, 9.17) is 9.97 Å². The molecular formula is C30H31N7O3S. The predicted octanol–water partition coefficient (Wildman–Crippen LogP) is 2.89. The van der Waals surface area contributed by atoms with E-state index in [0.29, 0.717) is 29.9 Å². The highest BCUT2D eigenvalue weighted by Crippen LogP contribution is 2.38. The standard InChI is InChI=1S/C30H31N7O3S/c1-41(39,40)37-13-9-20-5-6-21(15-27(20)37)29(38)32-18-23-16-26-22(17-31-23)7-8-25(34-26)24-3-2-4-28(35-24)36-14-12-33-30(19-36)10-11-30/h2-8,15-17,33H,9-14,18-19H2,1H3,(H,32,38). The second kappa shape index (κ2) is 9.78. The van der Waals surface area contributed by atoms with Crippen molar-refractivity contribution in [3.05, 3.63) is 77.6 Å². The molecule has 3 aliphatic rings.